The van der Waals surface area contributed by atoms with Crippen LogP contribution >= 0.6 is 0 Å². The van der Waals surface area contributed by atoms with Crippen molar-refractivity contribution < 1.29 is 9.53 Å². The van der Waals surface area contributed by atoms with Gasteiger partial charge in [-0.15, -0.1) is 0 Å². The summed E-state index contributed by atoms with van der Waals surface area (Å²) in [5.74, 6) is 0. The zero-order chi connectivity index (χ0) is 18.1. The molecule has 0 atom stereocenters. The fraction of sp³-hybridized carbons (Fsp3) is 0.944. The molecule has 138 valence electrons. The Morgan fingerprint density at radius 2 is 1.52 bits per heavy atom. The van der Waals surface area contributed by atoms with Gasteiger partial charge in [-0.25, -0.2) is 4.79 Å². The van der Waals surface area contributed by atoms with E-state index >= 15 is 0 Å². The first kappa shape index (κ1) is 22.2. The Hall–Kier alpha value is -0.810. The van der Waals surface area contributed by atoms with E-state index in [1.807, 2.05) is 41.5 Å². The minimum atomic E-state index is -0.461. The van der Waals surface area contributed by atoms with E-state index in [2.05, 4.69) is 24.1 Å². The predicted octanol–water partition coefficient (Wildman–Crippen LogP) is 3.34. The molecule has 5 nitrogen and oxygen atoms in total. The van der Waals surface area contributed by atoms with E-state index in [0.717, 1.165) is 39.1 Å². The SMILES string of the molecule is CCN(CC)CCCNCCN(C(=O)OC(C)(C)C)C(C)(C)C. The van der Waals surface area contributed by atoms with Crippen molar-refractivity contribution >= 4 is 6.09 Å². The van der Waals surface area contributed by atoms with Gasteiger partial charge >= 0.3 is 6.09 Å². The molecule has 0 rings (SSSR count). The van der Waals surface area contributed by atoms with Crippen LogP contribution in [-0.4, -0.2) is 66.3 Å². The van der Waals surface area contributed by atoms with Gasteiger partial charge in [-0.05, 0) is 74.1 Å². The normalized spacial score (nSPS) is 12.6. The van der Waals surface area contributed by atoms with E-state index in [4.69, 9.17) is 4.74 Å². The van der Waals surface area contributed by atoms with E-state index in [-0.39, 0.29) is 11.6 Å². The molecule has 0 radical (unpaired) electrons. The standard InChI is InChI=1S/C18H39N3O2/c1-9-20(10-2)14-11-12-19-13-15-21(17(3,4)5)16(22)23-18(6,7)8/h19H,9-15H2,1-8H3. The summed E-state index contributed by atoms with van der Waals surface area (Å²) in [5, 5.41) is 3.43. The molecule has 0 aliphatic heterocycles. The molecular weight excluding hydrogens is 290 g/mol. The Kier molecular flexibility index (Phi) is 9.78. The van der Waals surface area contributed by atoms with E-state index in [1.165, 1.54) is 0 Å². The van der Waals surface area contributed by atoms with Crippen molar-refractivity contribution in [2.75, 3.05) is 39.3 Å². The third-order valence-electron chi connectivity index (χ3n) is 3.66. The van der Waals surface area contributed by atoms with Crippen molar-refractivity contribution in [1.29, 1.82) is 0 Å². The van der Waals surface area contributed by atoms with Gasteiger partial charge in [0.25, 0.3) is 0 Å². The molecule has 0 aromatic carbocycles. The maximum Gasteiger partial charge on any atom is 0.410 e. The molecule has 0 aromatic heterocycles. The molecule has 0 spiro atoms. The second-order valence-corrected chi connectivity index (χ2v) is 7.93. The lowest BCUT2D eigenvalue weighted by Crippen LogP contribution is -2.50. The van der Waals surface area contributed by atoms with Gasteiger partial charge in [-0.1, -0.05) is 13.8 Å². The number of ether oxygens (including phenoxy) is 1. The first-order chi connectivity index (χ1) is 10.5. The molecule has 0 aliphatic rings. The second kappa shape index (κ2) is 10.1. The number of hydrogen-bond acceptors (Lipinski definition) is 4. The van der Waals surface area contributed by atoms with Crippen LogP contribution in [0.2, 0.25) is 0 Å². The van der Waals surface area contributed by atoms with Gasteiger partial charge in [0.05, 0.1) is 0 Å². The summed E-state index contributed by atoms with van der Waals surface area (Å²) in [5.41, 5.74) is -0.705. The van der Waals surface area contributed by atoms with Gasteiger partial charge in [-0.2, -0.15) is 0 Å². The fourth-order valence-corrected chi connectivity index (χ4v) is 2.30. The molecule has 0 unspecified atom stereocenters. The van der Waals surface area contributed by atoms with Crippen LogP contribution in [0.1, 0.15) is 61.8 Å². The number of nitrogens with one attached hydrogen (secondary N) is 1. The molecule has 0 heterocycles. The number of hydrogen-bond donors (Lipinski definition) is 1. The lowest BCUT2D eigenvalue weighted by molar-refractivity contribution is 0.00665. The van der Waals surface area contributed by atoms with Gasteiger partial charge in [-0.3, -0.25) is 0 Å². The first-order valence-electron chi connectivity index (χ1n) is 8.95. The Bertz CT molecular complexity index is 328. The maximum atomic E-state index is 12.4. The van der Waals surface area contributed by atoms with Crippen LogP contribution in [0, 0.1) is 0 Å². The fourth-order valence-electron chi connectivity index (χ4n) is 2.30. The summed E-state index contributed by atoms with van der Waals surface area (Å²) in [6.07, 6.45) is 0.888. The number of nitrogens with zero attached hydrogens (tertiary/aromatic N) is 2. The van der Waals surface area contributed by atoms with E-state index in [1.54, 1.807) is 4.90 Å². The highest BCUT2D eigenvalue weighted by atomic mass is 16.6. The van der Waals surface area contributed by atoms with Crippen molar-refractivity contribution in [2.45, 2.75) is 73.0 Å². The minimum Gasteiger partial charge on any atom is -0.444 e. The highest BCUT2D eigenvalue weighted by Gasteiger charge is 2.30. The zero-order valence-corrected chi connectivity index (χ0v) is 16.7. The molecule has 0 aliphatic carbocycles. The van der Waals surface area contributed by atoms with Crippen LogP contribution in [0.25, 0.3) is 0 Å². The van der Waals surface area contributed by atoms with E-state index in [0.29, 0.717) is 6.54 Å². The van der Waals surface area contributed by atoms with E-state index < -0.39 is 5.60 Å². The molecule has 5 heteroatoms. The largest absolute Gasteiger partial charge is 0.444 e. The Labute approximate surface area is 143 Å². The predicted molar refractivity (Wildman–Crippen MR) is 98.0 cm³/mol. The molecular formula is C18H39N3O2. The number of carbonyl (C=O) groups is 1. The van der Waals surface area contributed by atoms with Crippen molar-refractivity contribution in [2.24, 2.45) is 0 Å². The molecule has 0 saturated carbocycles. The van der Waals surface area contributed by atoms with Crippen LogP contribution < -0.4 is 5.32 Å². The molecule has 1 N–H and O–H groups in total. The average Bonchev–Trinajstić information content (AvgIpc) is 2.38. The highest BCUT2D eigenvalue weighted by molar-refractivity contribution is 5.69. The zero-order valence-electron chi connectivity index (χ0n) is 16.7. The quantitative estimate of drug-likeness (QED) is 0.659. The number of amides is 1. The molecule has 0 bridgehead atoms. The lowest BCUT2D eigenvalue weighted by Gasteiger charge is -2.37. The monoisotopic (exact) mass is 329 g/mol. The summed E-state index contributed by atoms with van der Waals surface area (Å²) >= 11 is 0. The highest BCUT2D eigenvalue weighted by Crippen LogP contribution is 2.17. The summed E-state index contributed by atoms with van der Waals surface area (Å²) in [6, 6.07) is 0. The molecule has 23 heavy (non-hydrogen) atoms. The van der Waals surface area contributed by atoms with E-state index in [9.17, 15) is 4.79 Å². The van der Waals surface area contributed by atoms with Gasteiger partial charge in [0, 0.05) is 18.6 Å². The van der Waals surface area contributed by atoms with Crippen LogP contribution in [0.3, 0.4) is 0 Å². The Morgan fingerprint density at radius 1 is 0.957 bits per heavy atom. The van der Waals surface area contributed by atoms with Crippen LogP contribution in [0.4, 0.5) is 4.79 Å². The van der Waals surface area contributed by atoms with Gasteiger partial charge in [0.2, 0.25) is 0 Å². The summed E-state index contributed by atoms with van der Waals surface area (Å²) in [7, 11) is 0. The summed E-state index contributed by atoms with van der Waals surface area (Å²) in [6.45, 7) is 22.0. The van der Waals surface area contributed by atoms with Crippen molar-refractivity contribution in [1.82, 2.24) is 15.1 Å². The minimum absolute atomic E-state index is 0.241. The third-order valence-corrected chi connectivity index (χ3v) is 3.66. The average molecular weight is 330 g/mol. The second-order valence-electron chi connectivity index (χ2n) is 7.93. The summed E-state index contributed by atoms with van der Waals surface area (Å²) < 4.78 is 5.52. The molecule has 0 fully saturated rings. The maximum absolute atomic E-state index is 12.4. The Balaban J connectivity index is 4.21. The van der Waals surface area contributed by atoms with Gasteiger partial charge in [0.1, 0.15) is 5.60 Å². The van der Waals surface area contributed by atoms with Crippen molar-refractivity contribution in [3.63, 3.8) is 0 Å². The molecule has 0 saturated heterocycles. The Morgan fingerprint density at radius 3 is 1.96 bits per heavy atom. The van der Waals surface area contributed by atoms with Crippen LogP contribution in [0.5, 0.6) is 0 Å². The topological polar surface area (TPSA) is 44.8 Å². The van der Waals surface area contributed by atoms with Crippen LogP contribution in [0.15, 0.2) is 0 Å². The molecule has 0 aromatic rings. The third kappa shape index (κ3) is 10.6. The van der Waals surface area contributed by atoms with Gasteiger partial charge in [0.15, 0.2) is 0 Å². The smallest absolute Gasteiger partial charge is 0.410 e. The number of rotatable bonds is 9. The van der Waals surface area contributed by atoms with Gasteiger partial charge < -0.3 is 19.9 Å². The summed E-state index contributed by atoms with van der Waals surface area (Å²) in [4.78, 5) is 16.6. The lowest BCUT2D eigenvalue weighted by atomic mass is 10.1. The molecule has 1 amide bonds. The first-order valence-corrected chi connectivity index (χ1v) is 8.95. The van der Waals surface area contributed by atoms with Crippen molar-refractivity contribution in [3.8, 4) is 0 Å². The van der Waals surface area contributed by atoms with Crippen LogP contribution in [-0.2, 0) is 4.74 Å². The number of carbonyl (C=O) groups excluding carboxylic acids is 1. The van der Waals surface area contributed by atoms with Crippen molar-refractivity contribution in [3.05, 3.63) is 0 Å².